The van der Waals surface area contributed by atoms with E-state index in [0.717, 1.165) is 11.1 Å². The minimum atomic E-state index is -0.778. The van der Waals surface area contributed by atoms with Crippen LogP contribution in [0.2, 0.25) is 0 Å². The van der Waals surface area contributed by atoms with Gasteiger partial charge >= 0.3 is 5.97 Å². The SMILES string of the molecule is CCOC(=O)C1=C(c2ccccc2)N=c2s/c(=C/c3ccncc3)c(=O)n2C1c1ccc2c(c1)OCO2. The van der Waals surface area contributed by atoms with E-state index in [1.165, 1.54) is 11.3 Å². The number of rotatable bonds is 5. The molecule has 1 unspecified atom stereocenters. The summed E-state index contributed by atoms with van der Waals surface area (Å²) in [5.41, 5.74) is 2.79. The van der Waals surface area contributed by atoms with Gasteiger partial charge in [-0.25, -0.2) is 9.79 Å². The number of thiazole rings is 1. The molecule has 2 aromatic carbocycles. The van der Waals surface area contributed by atoms with Gasteiger partial charge in [-0.15, -0.1) is 0 Å². The number of hydrogen-bond donors (Lipinski definition) is 0. The van der Waals surface area contributed by atoms with E-state index >= 15 is 0 Å². The van der Waals surface area contributed by atoms with E-state index in [4.69, 9.17) is 19.2 Å². The van der Waals surface area contributed by atoms with Gasteiger partial charge in [0.2, 0.25) is 6.79 Å². The molecule has 9 heteroatoms. The van der Waals surface area contributed by atoms with Gasteiger partial charge in [-0.05, 0) is 48.4 Å². The lowest BCUT2D eigenvalue weighted by atomic mass is 9.93. The maximum Gasteiger partial charge on any atom is 0.338 e. The number of aromatic nitrogens is 2. The molecule has 2 aliphatic rings. The third-order valence-electron chi connectivity index (χ3n) is 6.09. The van der Waals surface area contributed by atoms with Gasteiger partial charge < -0.3 is 14.2 Å². The highest BCUT2D eigenvalue weighted by Gasteiger charge is 2.36. The molecular formula is C28H21N3O5S. The summed E-state index contributed by atoms with van der Waals surface area (Å²) in [5.74, 6) is 0.632. The Kier molecular flexibility index (Phi) is 5.90. The predicted molar refractivity (Wildman–Crippen MR) is 138 cm³/mol. The van der Waals surface area contributed by atoms with Crippen molar-refractivity contribution in [2.24, 2.45) is 4.99 Å². The maximum atomic E-state index is 13.8. The average Bonchev–Trinajstić information content (AvgIpc) is 3.52. The first-order chi connectivity index (χ1) is 18.1. The lowest BCUT2D eigenvalue weighted by Gasteiger charge is -2.26. The van der Waals surface area contributed by atoms with Crippen LogP contribution >= 0.6 is 11.3 Å². The predicted octanol–water partition coefficient (Wildman–Crippen LogP) is 3.06. The number of esters is 1. The van der Waals surface area contributed by atoms with E-state index in [-0.39, 0.29) is 24.5 Å². The molecule has 4 heterocycles. The Labute approximate surface area is 215 Å². The molecule has 8 nitrogen and oxygen atoms in total. The van der Waals surface area contributed by atoms with Gasteiger partial charge in [0.05, 0.1) is 28.5 Å². The highest BCUT2D eigenvalue weighted by atomic mass is 32.1. The number of ether oxygens (including phenoxy) is 3. The zero-order valence-corrected chi connectivity index (χ0v) is 20.6. The van der Waals surface area contributed by atoms with Crippen molar-refractivity contribution in [3.05, 3.63) is 115 Å². The van der Waals surface area contributed by atoms with E-state index < -0.39 is 12.0 Å². The molecular weight excluding hydrogens is 490 g/mol. The Bertz CT molecular complexity index is 1710. The molecule has 2 aliphatic heterocycles. The Morgan fingerprint density at radius 1 is 1.11 bits per heavy atom. The van der Waals surface area contributed by atoms with Crippen LogP contribution in [0.15, 0.2) is 88.4 Å². The first kappa shape index (κ1) is 22.9. The second kappa shape index (κ2) is 9.51. The summed E-state index contributed by atoms with van der Waals surface area (Å²) >= 11 is 1.27. The molecule has 0 spiro atoms. The van der Waals surface area contributed by atoms with Gasteiger partial charge in [0.1, 0.15) is 0 Å². The minimum Gasteiger partial charge on any atom is -0.463 e. The van der Waals surface area contributed by atoms with E-state index in [1.807, 2.05) is 48.5 Å². The zero-order valence-electron chi connectivity index (χ0n) is 19.8. The number of pyridine rings is 1. The van der Waals surface area contributed by atoms with E-state index in [2.05, 4.69) is 4.98 Å². The Hall–Kier alpha value is -4.50. The van der Waals surface area contributed by atoms with E-state index in [9.17, 15) is 9.59 Å². The Morgan fingerprint density at radius 3 is 2.68 bits per heavy atom. The molecule has 0 fully saturated rings. The lowest BCUT2D eigenvalue weighted by Crippen LogP contribution is -2.40. The summed E-state index contributed by atoms with van der Waals surface area (Å²) in [6, 6.07) is 17.8. The standard InChI is InChI=1S/C28H21N3O5S/c1-2-34-27(33)23-24(18-6-4-3-5-7-18)30-28-31(25(23)19-8-9-20-21(15-19)36-16-35-20)26(32)22(37-28)14-17-10-12-29-13-11-17/h3-15,25H,2,16H2,1H3/b22-14+. The first-order valence-corrected chi connectivity index (χ1v) is 12.5. The van der Waals surface area contributed by atoms with Crippen LogP contribution in [0, 0.1) is 0 Å². The maximum absolute atomic E-state index is 13.8. The molecule has 0 saturated carbocycles. The monoisotopic (exact) mass is 511 g/mol. The van der Waals surface area contributed by atoms with E-state index in [0.29, 0.717) is 32.1 Å². The third-order valence-corrected chi connectivity index (χ3v) is 7.07. The van der Waals surface area contributed by atoms with Crippen LogP contribution in [0.3, 0.4) is 0 Å². The Balaban J connectivity index is 1.66. The largest absolute Gasteiger partial charge is 0.463 e. The molecule has 2 aromatic heterocycles. The number of fused-ring (bicyclic) bond motifs is 2. The van der Waals surface area contributed by atoms with Crippen LogP contribution in [0.25, 0.3) is 11.8 Å². The fraction of sp³-hybridized carbons (Fsp3) is 0.143. The molecule has 0 amide bonds. The van der Waals surface area contributed by atoms with Crippen molar-refractivity contribution in [3.8, 4) is 11.5 Å². The summed E-state index contributed by atoms with van der Waals surface area (Å²) in [4.78, 5) is 36.7. The lowest BCUT2D eigenvalue weighted by molar-refractivity contribution is -0.138. The summed E-state index contributed by atoms with van der Waals surface area (Å²) in [6.45, 7) is 2.05. The molecule has 1 atom stereocenters. The minimum absolute atomic E-state index is 0.114. The summed E-state index contributed by atoms with van der Waals surface area (Å²) < 4.78 is 18.7. The van der Waals surface area contributed by atoms with Gasteiger partial charge in [0, 0.05) is 18.0 Å². The van der Waals surface area contributed by atoms with Crippen LogP contribution in [0.5, 0.6) is 11.5 Å². The van der Waals surface area contributed by atoms with Gasteiger partial charge in [-0.2, -0.15) is 0 Å². The van der Waals surface area contributed by atoms with Crippen molar-refractivity contribution in [1.29, 1.82) is 0 Å². The second-order valence-corrected chi connectivity index (χ2v) is 9.33. The topological polar surface area (TPSA) is 92.0 Å². The van der Waals surface area contributed by atoms with Crippen molar-refractivity contribution in [3.63, 3.8) is 0 Å². The van der Waals surface area contributed by atoms with Crippen molar-refractivity contribution in [1.82, 2.24) is 9.55 Å². The first-order valence-electron chi connectivity index (χ1n) is 11.7. The van der Waals surface area contributed by atoms with Crippen molar-refractivity contribution in [2.75, 3.05) is 13.4 Å². The van der Waals surface area contributed by atoms with Gasteiger partial charge in [-0.3, -0.25) is 14.3 Å². The molecule has 0 saturated heterocycles. The normalized spacial score (nSPS) is 16.4. The number of nitrogens with zero attached hydrogens (tertiary/aromatic N) is 3. The number of hydrogen-bond acceptors (Lipinski definition) is 8. The van der Waals surface area contributed by atoms with Crippen molar-refractivity contribution < 1.29 is 19.0 Å². The molecule has 0 radical (unpaired) electrons. The van der Waals surface area contributed by atoms with Crippen LogP contribution in [-0.2, 0) is 9.53 Å². The molecule has 4 aromatic rings. The molecule has 6 rings (SSSR count). The number of carbonyl (C=O) groups is 1. The summed E-state index contributed by atoms with van der Waals surface area (Å²) in [5, 5.41) is 0. The van der Waals surface area contributed by atoms with Gasteiger partial charge in [0.25, 0.3) is 5.56 Å². The summed E-state index contributed by atoms with van der Waals surface area (Å²) in [7, 11) is 0. The van der Waals surface area contributed by atoms with Crippen LogP contribution < -0.4 is 24.4 Å². The highest BCUT2D eigenvalue weighted by molar-refractivity contribution is 7.07. The van der Waals surface area contributed by atoms with Gasteiger partial charge in [0.15, 0.2) is 16.3 Å². The highest BCUT2D eigenvalue weighted by Crippen LogP contribution is 2.39. The number of carbonyl (C=O) groups excluding carboxylic acids is 1. The van der Waals surface area contributed by atoms with E-state index in [1.54, 1.807) is 42.1 Å². The molecule has 0 N–H and O–H groups in total. The fourth-order valence-corrected chi connectivity index (χ4v) is 5.45. The smallest absolute Gasteiger partial charge is 0.338 e. The molecule has 37 heavy (non-hydrogen) atoms. The van der Waals surface area contributed by atoms with Crippen molar-refractivity contribution in [2.45, 2.75) is 13.0 Å². The van der Waals surface area contributed by atoms with Crippen LogP contribution in [-0.4, -0.2) is 28.9 Å². The third kappa shape index (κ3) is 4.13. The van der Waals surface area contributed by atoms with Gasteiger partial charge in [-0.1, -0.05) is 47.7 Å². The van der Waals surface area contributed by atoms with Crippen LogP contribution in [0.1, 0.15) is 29.7 Å². The fourth-order valence-electron chi connectivity index (χ4n) is 4.45. The second-order valence-electron chi connectivity index (χ2n) is 8.32. The quantitative estimate of drug-likeness (QED) is 0.383. The molecule has 0 aliphatic carbocycles. The average molecular weight is 512 g/mol. The Morgan fingerprint density at radius 2 is 1.89 bits per heavy atom. The van der Waals surface area contributed by atoms with Crippen molar-refractivity contribution >= 4 is 29.1 Å². The number of benzene rings is 2. The van der Waals surface area contributed by atoms with Crippen LogP contribution in [0.4, 0.5) is 0 Å². The molecule has 184 valence electrons. The summed E-state index contributed by atoms with van der Waals surface area (Å²) in [6.07, 6.45) is 5.15. The molecule has 0 bridgehead atoms. The zero-order chi connectivity index (χ0) is 25.4.